The van der Waals surface area contributed by atoms with Gasteiger partial charge >= 0.3 is 0 Å². The van der Waals surface area contributed by atoms with Gasteiger partial charge in [0, 0.05) is 6.54 Å². The summed E-state index contributed by atoms with van der Waals surface area (Å²) in [5, 5.41) is 12.2. The molecule has 114 valence electrons. The zero-order valence-corrected chi connectivity index (χ0v) is 13.0. The third-order valence-corrected chi connectivity index (χ3v) is 5.45. The maximum atomic E-state index is 12.3. The minimum Gasteiger partial charge on any atom is -0.316 e. The average Bonchev–Trinajstić information content (AvgIpc) is 2.48. The molecule has 5 nitrogen and oxygen atoms in total. The van der Waals surface area contributed by atoms with Crippen molar-refractivity contribution in [1.29, 1.82) is 5.26 Å². The second-order valence-electron chi connectivity index (χ2n) is 5.49. The van der Waals surface area contributed by atoms with Gasteiger partial charge in [-0.1, -0.05) is 6.07 Å². The predicted molar refractivity (Wildman–Crippen MR) is 81.3 cm³/mol. The molecule has 1 aliphatic heterocycles. The van der Waals surface area contributed by atoms with Crippen LogP contribution in [-0.2, 0) is 10.0 Å². The van der Waals surface area contributed by atoms with E-state index in [2.05, 4.69) is 10.0 Å². The Morgan fingerprint density at radius 3 is 2.95 bits per heavy atom. The first-order valence-corrected chi connectivity index (χ1v) is 8.72. The van der Waals surface area contributed by atoms with Gasteiger partial charge in [0.15, 0.2) is 0 Å². The third-order valence-electron chi connectivity index (χ3n) is 3.85. The van der Waals surface area contributed by atoms with Crippen molar-refractivity contribution in [3.63, 3.8) is 0 Å². The zero-order chi connectivity index (χ0) is 15.3. The van der Waals surface area contributed by atoms with E-state index in [-0.39, 0.29) is 4.90 Å². The highest BCUT2D eigenvalue weighted by Crippen LogP contribution is 2.18. The molecule has 1 aromatic carbocycles. The summed E-state index contributed by atoms with van der Waals surface area (Å²) >= 11 is 0. The first-order chi connectivity index (χ1) is 10.0. The first-order valence-electron chi connectivity index (χ1n) is 7.24. The summed E-state index contributed by atoms with van der Waals surface area (Å²) in [6.45, 7) is 4.19. The molecule has 1 heterocycles. The van der Waals surface area contributed by atoms with E-state index in [4.69, 9.17) is 5.26 Å². The molecule has 2 rings (SSSR count). The molecule has 6 heteroatoms. The largest absolute Gasteiger partial charge is 0.316 e. The van der Waals surface area contributed by atoms with Crippen LogP contribution in [0, 0.1) is 24.2 Å². The van der Waals surface area contributed by atoms with Crippen LogP contribution >= 0.6 is 0 Å². The molecule has 21 heavy (non-hydrogen) atoms. The topological polar surface area (TPSA) is 82.0 Å². The van der Waals surface area contributed by atoms with Gasteiger partial charge in [0.25, 0.3) is 0 Å². The number of hydrogen-bond donors (Lipinski definition) is 2. The van der Waals surface area contributed by atoms with E-state index in [1.165, 1.54) is 6.07 Å². The van der Waals surface area contributed by atoms with E-state index in [0.717, 1.165) is 32.4 Å². The van der Waals surface area contributed by atoms with Crippen LogP contribution in [0.3, 0.4) is 0 Å². The number of nitrogens with zero attached hydrogens (tertiary/aromatic N) is 1. The van der Waals surface area contributed by atoms with Crippen LogP contribution in [0.1, 0.15) is 30.4 Å². The van der Waals surface area contributed by atoms with Crippen LogP contribution in [0.15, 0.2) is 23.1 Å². The van der Waals surface area contributed by atoms with Crippen molar-refractivity contribution in [2.24, 2.45) is 5.92 Å². The molecule has 1 saturated heterocycles. The van der Waals surface area contributed by atoms with Crippen molar-refractivity contribution in [3.8, 4) is 6.07 Å². The highest BCUT2D eigenvalue weighted by Gasteiger charge is 2.18. The Balaban J connectivity index is 1.99. The fourth-order valence-electron chi connectivity index (χ4n) is 2.60. The zero-order valence-electron chi connectivity index (χ0n) is 12.2. The Hall–Kier alpha value is -1.42. The fraction of sp³-hybridized carbons (Fsp3) is 0.533. The lowest BCUT2D eigenvalue weighted by atomic mass is 9.96. The van der Waals surface area contributed by atoms with Crippen molar-refractivity contribution in [2.75, 3.05) is 19.6 Å². The summed E-state index contributed by atoms with van der Waals surface area (Å²) in [6, 6.07) is 6.70. The van der Waals surface area contributed by atoms with E-state index < -0.39 is 10.0 Å². The maximum Gasteiger partial charge on any atom is 0.240 e. The molecular formula is C15H21N3O2S. The Kier molecular flexibility index (Phi) is 5.34. The minimum atomic E-state index is -3.55. The molecule has 1 atom stereocenters. The van der Waals surface area contributed by atoms with Crippen molar-refractivity contribution >= 4 is 10.0 Å². The lowest BCUT2D eigenvalue weighted by Gasteiger charge is -2.22. The summed E-state index contributed by atoms with van der Waals surface area (Å²) in [5.41, 5.74) is 1.01. The van der Waals surface area contributed by atoms with Gasteiger partial charge in [0.05, 0.1) is 16.5 Å². The molecule has 0 aliphatic carbocycles. The number of aryl methyl sites for hydroxylation is 1. The number of nitrogens with one attached hydrogen (secondary N) is 2. The quantitative estimate of drug-likeness (QED) is 0.864. The standard InChI is InChI=1S/C15H21N3O2S/c1-12-4-5-14(10-16)9-15(12)21(19,20)18-8-6-13-3-2-7-17-11-13/h4-5,9,13,17-18H,2-3,6-8,11H2,1H3/t13-/m1/s1. The lowest BCUT2D eigenvalue weighted by Crippen LogP contribution is -2.33. The molecule has 0 amide bonds. The van der Waals surface area contributed by atoms with Gasteiger partial charge < -0.3 is 5.32 Å². The van der Waals surface area contributed by atoms with Gasteiger partial charge in [-0.25, -0.2) is 13.1 Å². The minimum absolute atomic E-state index is 0.198. The van der Waals surface area contributed by atoms with E-state index in [1.807, 2.05) is 6.07 Å². The summed E-state index contributed by atoms with van der Waals surface area (Å²) < 4.78 is 27.3. The predicted octanol–water partition coefficient (Wildman–Crippen LogP) is 1.53. The van der Waals surface area contributed by atoms with Crippen LogP contribution in [-0.4, -0.2) is 28.1 Å². The molecule has 0 spiro atoms. The van der Waals surface area contributed by atoms with Gasteiger partial charge in [-0.2, -0.15) is 5.26 Å². The number of benzene rings is 1. The first kappa shape index (κ1) is 16.0. The Morgan fingerprint density at radius 1 is 1.48 bits per heavy atom. The average molecular weight is 307 g/mol. The highest BCUT2D eigenvalue weighted by molar-refractivity contribution is 7.89. The van der Waals surface area contributed by atoms with Gasteiger partial charge in [-0.15, -0.1) is 0 Å². The Labute approximate surface area is 126 Å². The number of piperidine rings is 1. The monoisotopic (exact) mass is 307 g/mol. The van der Waals surface area contributed by atoms with Crippen molar-refractivity contribution in [1.82, 2.24) is 10.0 Å². The molecule has 0 radical (unpaired) electrons. The molecule has 0 saturated carbocycles. The van der Waals surface area contributed by atoms with Gasteiger partial charge in [0.1, 0.15) is 0 Å². The highest BCUT2D eigenvalue weighted by atomic mass is 32.2. The molecule has 0 aromatic heterocycles. The summed E-state index contributed by atoms with van der Waals surface area (Å²) in [6.07, 6.45) is 3.14. The molecular weight excluding hydrogens is 286 g/mol. The molecule has 1 fully saturated rings. The lowest BCUT2D eigenvalue weighted by molar-refractivity contribution is 0.358. The van der Waals surface area contributed by atoms with Gasteiger partial charge in [-0.05, 0) is 62.9 Å². The molecule has 0 unspecified atom stereocenters. The van der Waals surface area contributed by atoms with E-state index in [1.54, 1.807) is 19.1 Å². The van der Waals surface area contributed by atoms with Crippen LogP contribution in [0.2, 0.25) is 0 Å². The number of nitriles is 1. The Morgan fingerprint density at radius 2 is 2.29 bits per heavy atom. The van der Waals surface area contributed by atoms with Crippen molar-refractivity contribution in [2.45, 2.75) is 31.1 Å². The number of hydrogen-bond acceptors (Lipinski definition) is 4. The molecule has 1 aromatic rings. The number of sulfonamides is 1. The third kappa shape index (κ3) is 4.27. The molecule has 0 bridgehead atoms. The summed E-state index contributed by atoms with van der Waals surface area (Å²) in [4.78, 5) is 0.198. The van der Waals surface area contributed by atoms with Gasteiger partial charge in [0.2, 0.25) is 10.0 Å². The van der Waals surface area contributed by atoms with Crippen LogP contribution in [0.5, 0.6) is 0 Å². The second-order valence-corrected chi connectivity index (χ2v) is 7.23. The summed E-state index contributed by atoms with van der Waals surface area (Å²) in [5.74, 6) is 0.535. The van der Waals surface area contributed by atoms with Crippen LogP contribution in [0.25, 0.3) is 0 Å². The molecule has 1 aliphatic rings. The second kappa shape index (κ2) is 7.03. The summed E-state index contributed by atoms with van der Waals surface area (Å²) in [7, 11) is -3.55. The molecule has 2 N–H and O–H groups in total. The van der Waals surface area contributed by atoms with Crippen LogP contribution < -0.4 is 10.0 Å². The SMILES string of the molecule is Cc1ccc(C#N)cc1S(=O)(=O)NCC[C@H]1CCCNC1. The van der Waals surface area contributed by atoms with E-state index >= 15 is 0 Å². The van der Waals surface area contributed by atoms with E-state index in [9.17, 15) is 8.42 Å². The van der Waals surface area contributed by atoms with Crippen molar-refractivity contribution in [3.05, 3.63) is 29.3 Å². The number of rotatable bonds is 5. The fourth-order valence-corrected chi connectivity index (χ4v) is 3.92. The van der Waals surface area contributed by atoms with Crippen LogP contribution in [0.4, 0.5) is 0 Å². The Bertz CT molecular complexity index is 629. The maximum absolute atomic E-state index is 12.3. The van der Waals surface area contributed by atoms with Gasteiger partial charge in [-0.3, -0.25) is 0 Å². The van der Waals surface area contributed by atoms with E-state index in [0.29, 0.717) is 23.6 Å². The normalized spacial score (nSPS) is 19.1. The smallest absolute Gasteiger partial charge is 0.240 e. The van der Waals surface area contributed by atoms with Crippen molar-refractivity contribution < 1.29 is 8.42 Å².